The summed E-state index contributed by atoms with van der Waals surface area (Å²) in [6.45, 7) is 6.41. The van der Waals surface area contributed by atoms with Crippen LogP contribution in [-0.2, 0) is 4.79 Å². The van der Waals surface area contributed by atoms with Crippen molar-refractivity contribution in [3.8, 4) is 0 Å². The number of carbonyl (C=O) groups is 1. The van der Waals surface area contributed by atoms with Gasteiger partial charge in [0.25, 0.3) is 0 Å². The predicted octanol–water partition coefficient (Wildman–Crippen LogP) is 0.520. The van der Waals surface area contributed by atoms with Gasteiger partial charge < -0.3 is 15.7 Å². The molecule has 0 radical (unpaired) electrons. The summed E-state index contributed by atoms with van der Waals surface area (Å²) in [6, 6.07) is 0.106. The molecule has 78 valence electrons. The highest BCUT2D eigenvalue weighted by atomic mass is 16.4. The van der Waals surface area contributed by atoms with Crippen molar-refractivity contribution in [1.29, 1.82) is 0 Å². The van der Waals surface area contributed by atoms with E-state index in [0.717, 1.165) is 19.5 Å². The first-order valence-corrected chi connectivity index (χ1v) is 4.77. The van der Waals surface area contributed by atoms with Crippen molar-refractivity contribution in [2.75, 3.05) is 19.6 Å². The third kappa shape index (κ3) is 5.60. The SMILES string of the molecule is CCN(CCCN)C(C)CC(=O)O. The maximum absolute atomic E-state index is 10.5. The molecule has 0 rings (SSSR count). The minimum Gasteiger partial charge on any atom is -0.481 e. The average Bonchev–Trinajstić information content (AvgIpc) is 2.04. The Balaban J connectivity index is 3.83. The van der Waals surface area contributed by atoms with Crippen molar-refractivity contribution in [1.82, 2.24) is 4.90 Å². The van der Waals surface area contributed by atoms with Crippen LogP contribution in [0.2, 0.25) is 0 Å². The van der Waals surface area contributed by atoms with Crippen molar-refractivity contribution >= 4 is 5.97 Å². The Hall–Kier alpha value is -0.610. The van der Waals surface area contributed by atoms with E-state index in [9.17, 15) is 4.79 Å². The van der Waals surface area contributed by atoms with Gasteiger partial charge in [0.05, 0.1) is 6.42 Å². The van der Waals surface area contributed by atoms with Crippen LogP contribution in [0.1, 0.15) is 26.7 Å². The third-order valence-corrected chi connectivity index (χ3v) is 2.15. The third-order valence-electron chi connectivity index (χ3n) is 2.15. The molecule has 0 bridgehead atoms. The Labute approximate surface area is 79.7 Å². The van der Waals surface area contributed by atoms with Gasteiger partial charge in [-0.2, -0.15) is 0 Å². The van der Waals surface area contributed by atoms with Crippen molar-refractivity contribution in [2.45, 2.75) is 32.7 Å². The number of carboxylic acid groups (broad SMARTS) is 1. The summed E-state index contributed by atoms with van der Waals surface area (Å²) in [5, 5.41) is 8.60. The monoisotopic (exact) mass is 188 g/mol. The quantitative estimate of drug-likeness (QED) is 0.611. The van der Waals surface area contributed by atoms with Crippen LogP contribution in [0.4, 0.5) is 0 Å². The first-order chi connectivity index (χ1) is 6.11. The summed E-state index contributed by atoms with van der Waals surface area (Å²) in [5.41, 5.74) is 5.39. The minimum absolute atomic E-state index is 0.106. The van der Waals surface area contributed by atoms with Crippen LogP contribution in [0.25, 0.3) is 0 Å². The summed E-state index contributed by atoms with van der Waals surface area (Å²) < 4.78 is 0. The molecule has 4 heteroatoms. The lowest BCUT2D eigenvalue weighted by molar-refractivity contribution is -0.138. The fourth-order valence-electron chi connectivity index (χ4n) is 1.37. The van der Waals surface area contributed by atoms with Crippen LogP contribution >= 0.6 is 0 Å². The van der Waals surface area contributed by atoms with E-state index in [-0.39, 0.29) is 12.5 Å². The van der Waals surface area contributed by atoms with Gasteiger partial charge in [-0.15, -0.1) is 0 Å². The van der Waals surface area contributed by atoms with Crippen molar-refractivity contribution in [3.05, 3.63) is 0 Å². The number of carboxylic acids is 1. The zero-order valence-corrected chi connectivity index (χ0v) is 8.49. The van der Waals surface area contributed by atoms with Gasteiger partial charge in [-0.05, 0) is 33.0 Å². The highest BCUT2D eigenvalue weighted by Gasteiger charge is 2.14. The summed E-state index contributed by atoms with van der Waals surface area (Å²) in [4.78, 5) is 12.6. The Bertz CT molecular complexity index is 151. The van der Waals surface area contributed by atoms with Crippen LogP contribution in [0, 0.1) is 0 Å². The molecule has 0 heterocycles. The first kappa shape index (κ1) is 12.4. The lowest BCUT2D eigenvalue weighted by Gasteiger charge is -2.26. The van der Waals surface area contributed by atoms with Crippen LogP contribution in [0.15, 0.2) is 0 Å². The van der Waals surface area contributed by atoms with Gasteiger partial charge in [-0.25, -0.2) is 0 Å². The van der Waals surface area contributed by atoms with Crippen molar-refractivity contribution < 1.29 is 9.90 Å². The molecule has 0 aromatic heterocycles. The van der Waals surface area contributed by atoms with E-state index in [1.165, 1.54) is 0 Å². The zero-order chi connectivity index (χ0) is 10.3. The maximum Gasteiger partial charge on any atom is 0.304 e. The normalized spacial score (nSPS) is 13.2. The second-order valence-corrected chi connectivity index (χ2v) is 3.22. The van der Waals surface area contributed by atoms with E-state index in [4.69, 9.17) is 10.8 Å². The summed E-state index contributed by atoms with van der Waals surface area (Å²) >= 11 is 0. The number of hydrogen-bond acceptors (Lipinski definition) is 3. The number of nitrogens with two attached hydrogens (primary N) is 1. The molecule has 0 saturated heterocycles. The molecule has 0 aliphatic carbocycles. The van der Waals surface area contributed by atoms with Crippen LogP contribution in [0.5, 0.6) is 0 Å². The topological polar surface area (TPSA) is 66.6 Å². The summed E-state index contributed by atoms with van der Waals surface area (Å²) in [5.74, 6) is -0.737. The first-order valence-electron chi connectivity index (χ1n) is 4.77. The van der Waals surface area contributed by atoms with Gasteiger partial charge in [0.15, 0.2) is 0 Å². The molecule has 0 aliphatic heterocycles. The number of hydrogen-bond donors (Lipinski definition) is 2. The Kier molecular flexibility index (Phi) is 6.54. The van der Waals surface area contributed by atoms with Crippen LogP contribution in [0.3, 0.4) is 0 Å². The molecular formula is C9H20N2O2. The highest BCUT2D eigenvalue weighted by Crippen LogP contribution is 2.03. The second-order valence-electron chi connectivity index (χ2n) is 3.22. The van der Waals surface area contributed by atoms with Gasteiger partial charge in [0.2, 0.25) is 0 Å². The van der Waals surface area contributed by atoms with E-state index in [1.807, 2.05) is 13.8 Å². The molecule has 4 nitrogen and oxygen atoms in total. The van der Waals surface area contributed by atoms with Gasteiger partial charge in [-0.1, -0.05) is 6.92 Å². The van der Waals surface area contributed by atoms with E-state index in [2.05, 4.69) is 4.90 Å². The summed E-state index contributed by atoms with van der Waals surface area (Å²) in [6.07, 6.45) is 1.14. The number of nitrogens with zero attached hydrogens (tertiary/aromatic N) is 1. The van der Waals surface area contributed by atoms with E-state index in [0.29, 0.717) is 6.54 Å². The molecule has 0 aromatic rings. The van der Waals surface area contributed by atoms with Gasteiger partial charge in [0, 0.05) is 6.04 Å². The molecule has 1 atom stereocenters. The Morgan fingerprint density at radius 1 is 1.62 bits per heavy atom. The lowest BCUT2D eigenvalue weighted by Crippen LogP contribution is -2.36. The molecule has 0 amide bonds. The van der Waals surface area contributed by atoms with Gasteiger partial charge in [0.1, 0.15) is 0 Å². The Morgan fingerprint density at radius 3 is 2.62 bits per heavy atom. The fraction of sp³-hybridized carbons (Fsp3) is 0.889. The smallest absolute Gasteiger partial charge is 0.304 e. The second kappa shape index (κ2) is 6.86. The van der Waals surface area contributed by atoms with Gasteiger partial charge in [-0.3, -0.25) is 4.79 Å². The molecule has 0 aromatic carbocycles. The van der Waals surface area contributed by atoms with E-state index < -0.39 is 5.97 Å². The lowest BCUT2D eigenvalue weighted by atomic mass is 10.2. The maximum atomic E-state index is 10.5. The summed E-state index contributed by atoms with van der Waals surface area (Å²) in [7, 11) is 0. The van der Waals surface area contributed by atoms with Crippen molar-refractivity contribution in [2.24, 2.45) is 5.73 Å². The molecular weight excluding hydrogens is 168 g/mol. The highest BCUT2D eigenvalue weighted by molar-refractivity contribution is 5.67. The number of rotatable bonds is 7. The minimum atomic E-state index is -0.737. The largest absolute Gasteiger partial charge is 0.481 e. The molecule has 1 unspecified atom stereocenters. The molecule has 0 spiro atoms. The average molecular weight is 188 g/mol. The van der Waals surface area contributed by atoms with Gasteiger partial charge >= 0.3 is 5.97 Å². The molecule has 0 fully saturated rings. The fourth-order valence-corrected chi connectivity index (χ4v) is 1.37. The standard InChI is InChI=1S/C9H20N2O2/c1-3-11(6-4-5-10)8(2)7-9(12)13/h8H,3-7,10H2,1-2H3,(H,12,13). The number of aliphatic carboxylic acids is 1. The Morgan fingerprint density at radius 2 is 2.23 bits per heavy atom. The van der Waals surface area contributed by atoms with E-state index >= 15 is 0 Å². The van der Waals surface area contributed by atoms with Crippen LogP contribution in [-0.4, -0.2) is 41.7 Å². The zero-order valence-electron chi connectivity index (χ0n) is 8.49. The van der Waals surface area contributed by atoms with E-state index in [1.54, 1.807) is 0 Å². The van der Waals surface area contributed by atoms with Crippen LogP contribution < -0.4 is 5.73 Å². The molecule has 0 saturated carbocycles. The molecule has 0 aliphatic rings. The molecule has 3 N–H and O–H groups in total. The predicted molar refractivity (Wildman–Crippen MR) is 52.6 cm³/mol. The van der Waals surface area contributed by atoms with Crippen molar-refractivity contribution in [3.63, 3.8) is 0 Å². The molecule has 13 heavy (non-hydrogen) atoms.